The first-order chi connectivity index (χ1) is 10.7. The lowest BCUT2D eigenvalue weighted by molar-refractivity contribution is -0.137. The number of nitrogens with zero attached hydrogens (tertiary/aromatic N) is 1. The van der Waals surface area contributed by atoms with Gasteiger partial charge in [0.15, 0.2) is 0 Å². The average molecular weight is 322 g/mol. The highest BCUT2D eigenvalue weighted by atomic mass is 19.4. The molecule has 1 N–H and O–H groups in total. The van der Waals surface area contributed by atoms with E-state index in [4.69, 9.17) is 0 Å². The van der Waals surface area contributed by atoms with Crippen LogP contribution in [0, 0.1) is 0 Å². The lowest BCUT2D eigenvalue weighted by atomic mass is 10.1. The summed E-state index contributed by atoms with van der Waals surface area (Å²) in [6.07, 6.45) is -1.23. The summed E-state index contributed by atoms with van der Waals surface area (Å²) in [6.45, 7) is 3.75. The largest absolute Gasteiger partial charge is 0.416 e. The summed E-state index contributed by atoms with van der Waals surface area (Å²) in [5.74, 6) is -1.12. The van der Waals surface area contributed by atoms with Gasteiger partial charge >= 0.3 is 6.18 Å². The smallest absolute Gasteiger partial charge is 0.365 e. The zero-order chi connectivity index (χ0) is 16.9. The van der Waals surface area contributed by atoms with Crippen LogP contribution in [0.15, 0.2) is 41.7 Å². The maximum absolute atomic E-state index is 12.8. The molecule has 0 saturated heterocycles. The highest BCUT2D eigenvalue weighted by Gasteiger charge is 2.41. The molecule has 2 aliphatic rings. The number of dihydropyridines is 1. The number of imide groups is 1. The van der Waals surface area contributed by atoms with E-state index in [2.05, 4.69) is 5.32 Å². The molecule has 0 aromatic heterocycles. The van der Waals surface area contributed by atoms with Gasteiger partial charge in [0.25, 0.3) is 11.8 Å². The monoisotopic (exact) mass is 322 g/mol. The van der Waals surface area contributed by atoms with Crippen molar-refractivity contribution in [1.82, 2.24) is 10.2 Å². The minimum absolute atomic E-state index is 0.0235. The van der Waals surface area contributed by atoms with Crippen molar-refractivity contribution < 1.29 is 22.8 Å². The van der Waals surface area contributed by atoms with Gasteiger partial charge in [0.1, 0.15) is 5.82 Å². The number of alkyl halides is 3. The van der Waals surface area contributed by atoms with E-state index in [9.17, 15) is 22.8 Å². The molecule has 1 aromatic carbocycles. The van der Waals surface area contributed by atoms with Crippen LogP contribution in [0.3, 0.4) is 0 Å². The van der Waals surface area contributed by atoms with Crippen LogP contribution in [0.1, 0.15) is 40.1 Å². The Labute approximate surface area is 130 Å². The zero-order valence-corrected chi connectivity index (χ0v) is 12.4. The van der Waals surface area contributed by atoms with Gasteiger partial charge in [-0.2, -0.15) is 13.2 Å². The summed E-state index contributed by atoms with van der Waals surface area (Å²) in [5.41, 5.74) is -0.185. The molecule has 0 fully saturated rings. The highest BCUT2D eigenvalue weighted by Crippen LogP contribution is 2.34. The fourth-order valence-electron chi connectivity index (χ4n) is 2.51. The van der Waals surface area contributed by atoms with Crippen molar-refractivity contribution in [2.45, 2.75) is 26.1 Å². The number of benzene rings is 1. The van der Waals surface area contributed by atoms with Crippen LogP contribution in [0.5, 0.6) is 0 Å². The van der Waals surface area contributed by atoms with Gasteiger partial charge in [-0.1, -0.05) is 11.6 Å². The van der Waals surface area contributed by atoms with Gasteiger partial charge < -0.3 is 5.32 Å². The second kappa shape index (κ2) is 4.97. The van der Waals surface area contributed by atoms with Crippen LogP contribution in [0.2, 0.25) is 0 Å². The molecule has 2 amide bonds. The molecule has 0 saturated carbocycles. The van der Waals surface area contributed by atoms with Crippen molar-refractivity contribution in [2.24, 2.45) is 0 Å². The van der Waals surface area contributed by atoms with Crippen molar-refractivity contribution in [3.8, 4) is 0 Å². The predicted molar refractivity (Wildman–Crippen MR) is 76.4 cm³/mol. The summed E-state index contributed by atoms with van der Waals surface area (Å²) in [6, 6.07) is 2.50. The lowest BCUT2D eigenvalue weighted by Gasteiger charge is -2.26. The molecule has 1 unspecified atom stereocenters. The molecule has 23 heavy (non-hydrogen) atoms. The van der Waals surface area contributed by atoms with Crippen molar-refractivity contribution in [3.63, 3.8) is 0 Å². The summed E-state index contributed by atoms with van der Waals surface area (Å²) >= 11 is 0. The van der Waals surface area contributed by atoms with Crippen molar-refractivity contribution in [1.29, 1.82) is 0 Å². The van der Waals surface area contributed by atoms with E-state index in [1.807, 2.05) is 13.8 Å². The molecule has 0 aliphatic carbocycles. The number of amides is 2. The standard InChI is InChI=1S/C16H13F3N2O2/c1-8-3-6-13(20-9(8)2)21-14(22)11-5-4-10(16(17,18)19)7-12(11)15(21)23/h3-7,9,20H,1-2H3. The Morgan fingerprint density at radius 1 is 1.09 bits per heavy atom. The molecular formula is C16H13F3N2O2. The highest BCUT2D eigenvalue weighted by molar-refractivity contribution is 6.22. The Balaban J connectivity index is 2.02. The van der Waals surface area contributed by atoms with E-state index >= 15 is 0 Å². The third kappa shape index (κ3) is 2.42. The molecule has 1 aromatic rings. The zero-order valence-electron chi connectivity index (χ0n) is 12.4. The van der Waals surface area contributed by atoms with E-state index in [0.717, 1.165) is 28.7 Å². The Morgan fingerprint density at radius 3 is 2.35 bits per heavy atom. The van der Waals surface area contributed by atoms with E-state index in [1.165, 1.54) is 0 Å². The number of nitrogens with one attached hydrogen (secondary N) is 1. The normalized spacial score (nSPS) is 20.9. The molecule has 4 nitrogen and oxygen atoms in total. The number of fused-ring (bicyclic) bond motifs is 1. The fourth-order valence-corrected chi connectivity index (χ4v) is 2.51. The van der Waals surface area contributed by atoms with Gasteiger partial charge in [0.05, 0.1) is 16.7 Å². The van der Waals surface area contributed by atoms with Gasteiger partial charge in [-0.05, 0) is 38.1 Å². The molecule has 2 heterocycles. The molecule has 120 valence electrons. The predicted octanol–water partition coefficient (Wildman–Crippen LogP) is 3.08. The first-order valence-corrected chi connectivity index (χ1v) is 6.95. The van der Waals surface area contributed by atoms with Gasteiger partial charge in [0, 0.05) is 6.04 Å². The maximum Gasteiger partial charge on any atom is 0.416 e. The van der Waals surface area contributed by atoms with E-state index in [-0.39, 0.29) is 23.0 Å². The van der Waals surface area contributed by atoms with Crippen LogP contribution in [-0.2, 0) is 6.18 Å². The fraction of sp³-hybridized carbons (Fsp3) is 0.250. The van der Waals surface area contributed by atoms with Crippen molar-refractivity contribution in [2.75, 3.05) is 0 Å². The number of hydrogen-bond acceptors (Lipinski definition) is 3. The minimum Gasteiger partial charge on any atom is -0.365 e. The van der Waals surface area contributed by atoms with Gasteiger partial charge in [-0.25, -0.2) is 4.90 Å². The lowest BCUT2D eigenvalue weighted by Crippen LogP contribution is -2.41. The summed E-state index contributed by atoms with van der Waals surface area (Å²) in [4.78, 5) is 25.7. The van der Waals surface area contributed by atoms with Crippen LogP contribution < -0.4 is 5.32 Å². The molecular weight excluding hydrogens is 309 g/mol. The summed E-state index contributed by atoms with van der Waals surface area (Å²) < 4.78 is 38.4. The van der Waals surface area contributed by atoms with Crippen molar-refractivity contribution in [3.05, 3.63) is 58.4 Å². The number of rotatable bonds is 1. The Hall–Kier alpha value is -2.57. The molecule has 7 heteroatoms. The van der Waals surface area contributed by atoms with Crippen LogP contribution in [-0.4, -0.2) is 22.8 Å². The Morgan fingerprint density at radius 2 is 1.74 bits per heavy atom. The number of hydrogen-bond donors (Lipinski definition) is 1. The first-order valence-electron chi connectivity index (χ1n) is 6.95. The number of carbonyl (C=O) groups excluding carboxylic acids is 2. The summed E-state index contributed by atoms with van der Waals surface area (Å²) in [5, 5.41) is 3.00. The van der Waals surface area contributed by atoms with Crippen LogP contribution >= 0.6 is 0 Å². The maximum atomic E-state index is 12.8. The Bertz CT molecular complexity index is 778. The molecule has 3 rings (SSSR count). The first kappa shape index (κ1) is 15.3. The Kier molecular flexibility index (Phi) is 3.31. The minimum atomic E-state index is -4.57. The average Bonchev–Trinajstić information content (AvgIpc) is 2.73. The SMILES string of the molecule is CC1=CC=C(N2C(=O)c3ccc(C(F)(F)F)cc3C2=O)NC1C. The van der Waals surface area contributed by atoms with Gasteiger partial charge in [-0.15, -0.1) is 0 Å². The van der Waals surface area contributed by atoms with E-state index in [0.29, 0.717) is 0 Å². The quantitative estimate of drug-likeness (QED) is 0.809. The van der Waals surface area contributed by atoms with E-state index in [1.54, 1.807) is 12.2 Å². The number of halogens is 3. The van der Waals surface area contributed by atoms with E-state index < -0.39 is 23.6 Å². The molecule has 0 radical (unpaired) electrons. The molecule has 0 bridgehead atoms. The number of allylic oxidation sites excluding steroid dienone is 2. The third-order valence-electron chi connectivity index (χ3n) is 4.01. The topological polar surface area (TPSA) is 49.4 Å². The molecule has 2 aliphatic heterocycles. The van der Waals surface area contributed by atoms with Crippen LogP contribution in [0.4, 0.5) is 13.2 Å². The van der Waals surface area contributed by atoms with Crippen molar-refractivity contribution >= 4 is 11.8 Å². The molecule has 0 spiro atoms. The second-order valence-corrected chi connectivity index (χ2v) is 5.53. The van der Waals surface area contributed by atoms with Gasteiger partial charge in [0.2, 0.25) is 0 Å². The second-order valence-electron chi connectivity index (χ2n) is 5.53. The van der Waals surface area contributed by atoms with Gasteiger partial charge in [-0.3, -0.25) is 9.59 Å². The van der Waals surface area contributed by atoms with Crippen LogP contribution in [0.25, 0.3) is 0 Å². The molecule has 1 atom stereocenters. The summed E-state index contributed by atoms with van der Waals surface area (Å²) in [7, 11) is 0. The number of carbonyl (C=O) groups is 2. The third-order valence-corrected chi connectivity index (χ3v) is 4.01.